The van der Waals surface area contributed by atoms with Gasteiger partial charge in [-0.3, -0.25) is 9.59 Å². The van der Waals surface area contributed by atoms with E-state index in [9.17, 15) is 9.59 Å². The molecule has 29 heavy (non-hydrogen) atoms. The molecule has 1 heterocycles. The van der Waals surface area contributed by atoms with Crippen molar-refractivity contribution >= 4 is 17.5 Å². The van der Waals surface area contributed by atoms with Gasteiger partial charge in [-0.2, -0.15) is 0 Å². The summed E-state index contributed by atoms with van der Waals surface area (Å²) in [6.45, 7) is 0.698. The zero-order valence-corrected chi connectivity index (χ0v) is 16.8. The average Bonchev–Trinajstić information content (AvgIpc) is 3.50. The predicted molar refractivity (Wildman–Crippen MR) is 110 cm³/mol. The second kappa shape index (κ2) is 8.15. The molecule has 6 heteroatoms. The van der Waals surface area contributed by atoms with Gasteiger partial charge in [0.2, 0.25) is 5.91 Å². The van der Waals surface area contributed by atoms with E-state index in [2.05, 4.69) is 5.32 Å². The SMILES string of the molecule is COc1ccc(OC)c(C2CCCN2C(=O)c2ccc(NC(=O)C3CC3)cc2)c1. The first-order valence-corrected chi connectivity index (χ1v) is 10.0. The van der Waals surface area contributed by atoms with Gasteiger partial charge in [0.05, 0.1) is 20.3 Å². The third-order valence-electron chi connectivity index (χ3n) is 5.66. The average molecular weight is 394 g/mol. The lowest BCUT2D eigenvalue weighted by Crippen LogP contribution is -2.30. The maximum absolute atomic E-state index is 13.2. The highest BCUT2D eigenvalue weighted by atomic mass is 16.5. The molecule has 2 fully saturated rings. The minimum Gasteiger partial charge on any atom is -0.497 e. The monoisotopic (exact) mass is 394 g/mol. The molecule has 1 aliphatic heterocycles. The number of rotatable bonds is 6. The summed E-state index contributed by atoms with van der Waals surface area (Å²) < 4.78 is 10.9. The molecule has 2 aromatic rings. The van der Waals surface area contributed by atoms with Crippen LogP contribution in [-0.4, -0.2) is 37.5 Å². The standard InChI is InChI=1S/C23H26N2O4/c1-28-18-11-12-21(29-2)19(14-18)20-4-3-13-25(20)23(27)16-7-9-17(10-8-16)24-22(26)15-5-6-15/h7-12,14-15,20H,3-6,13H2,1-2H3,(H,24,26). The lowest BCUT2D eigenvalue weighted by Gasteiger charge is -2.27. The molecule has 1 saturated carbocycles. The van der Waals surface area contributed by atoms with Crippen molar-refractivity contribution in [1.29, 1.82) is 0 Å². The third kappa shape index (κ3) is 4.06. The van der Waals surface area contributed by atoms with E-state index >= 15 is 0 Å². The summed E-state index contributed by atoms with van der Waals surface area (Å²) in [5.41, 5.74) is 2.31. The van der Waals surface area contributed by atoms with Gasteiger partial charge in [-0.15, -0.1) is 0 Å². The molecular weight excluding hydrogens is 368 g/mol. The largest absolute Gasteiger partial charge is 0.497 e. The molecule has 0 radical (unpaired) electrons. The van der Waals surface area contributed by atoms with Gasteiger partial charge in [-0.25, -0.2) is 0 Å². The summed E-state index contributed by atoms with van der Waals surface area (Å²) in [6.07, 6.45) is 3.75. The maximum Gasteiger partial charge on any atom is 0.254 e. The van der Waals surface area contributed by atoms with Crippen molar-refractivity contribution in [3.8, 4) is 11.5 Å². The zero-order chi connectivity index (χ0) is 20.4. The summed E-state index contributed by atoms with van der Waals surface area (Å²) in [5, 5.41) is 2.91. The van der Waals surface area contributed by atoms with Gasteiger partial charge in [0, 0.05) is 29.3 Å². The molecule has 1 unspecified atom stereocenters. The van der Waals surface area contributed by atoms with Crippen LogP contribution in [0.3, 0.4) is 0 Å². The molecule has 2 aromatic carbocycles. The highest BCUT2D eigenvalue weighted by Gasteiger charge is 2.33. The molecule has 152 valence electrons. The van der Waals surface area contributed by atoms with Gasteiger partial charge in [0.25, 0.3) is 5.91 Å². The number of amides is 2. The van der Waals surface area contributed by atoms with Crippen LogP contribution in [0.25, 0.3) is 0 Å². The van der Waals surface area contributed by atoms with E-state index in [0.717, 1.165) is 48.4 Å². The Hall–Kier alpha value is -3.02. The van der Waals surface area contributed by atoms with Crippen LogP contribution in [0.1, 0.15) is 47.6 Å². The molecule has 6 nitrogen and oxygen atoms in total. The van der Waals surface area contributed by atoms with E-state index in [0.29, 0.717) is 12.1 Å². The molecular formula is C23H26N2O4. The van der Waals surface area contributed by atoms with Gasteiger partial charge >= 0.3 is 0 Å². The van der Waals surface area contributed by atoms with E-state index in [1.54, 1.807) is 38.5 Å². The number of ether oxygens (including phenoxy) is 2. The Bertz CT molecular complexity index is 906. The molecule has 2 amide bonds. The van der Waals surface area contributed by atoms with Crippen LogP contribution in [0.4, 0.5) is 5.69 Å². The van der Waals surface area contributed by atoms with E-state index in [-0.39, 0.29) is 23.8 Å². The number of benzene rings is 2. The summed E-state index contributed by atoms with van der Waals surface area (Å²) in [4.78, 5) is 27.0. The Morgan fingerprint density at radius 2 is 1.76 bits per heavy atom. The van der Waals surface area contributed by atoms with Gasteiger partial charge in [0.1, 0.15) is 11.5 Å². The highest BCUT2D eigenvalue weighted by molar-refractivity contribution is 5.97. The lowest BCUT2D eigenvalue weighted by molar-refractivity contribution is -0.117. The molecule has 1 saturated heterocycles. The number of nitrogens with zero attached hydrogens (tertiary/aromatic N) is 1. The minimum absolute atomic E-state index is 0.0163. The van der Waals surface area contributed by atoms with Crippen LogP contribution in [0.15, 0.2) is 42.5 Å². The molecule has 0 bridgehead atoms. The number of anilines is 1. The van der Waals surface area contributed by atoms with Gasteiger partial charge < -0.3 is 19.7 Å². The summed E-state index contributed by atoms with van der Waals surface area (Å²) in [6, 6.07) is 12.8. The lowest BCUT2D eigenvalue weighted by atomic mass is 10.0. The number of nitrogens with one attached hydrogen (secondary N) is 1. The molecule has 1 aliphatic carbocycles. The summed E-state index contributed by atoms with van der Waals surface area (Å²) in [5.74, 6) is 1.70. The van der Waals surface area contributed by atoms with Crippen LogP contribution in [0.5, 0.6) is 11.5 Å². The molecule has 1 atom stereocenters. The number of carbonyl (C=O) groups excluding carboxylic acids is 2. The zero-order valence-electron chi connectivity index (χ0n) is 16.8. The quantitative estimate of drug-likeness (QED) is 0.803. The van der Waals surface area contributed by atoms with E-state index in [4.69, 9.17) is 9.47 Å². The molecule has 0 aromatic heterocycles. The fourth-order valence-electron chi connectivity index (χ4n) is 3.88. The van der Waals surface area contributed by atoms with Crippen molar-refractivity contribution in [3.63, 3.8) is 0 Å². The summed E-state index contributed by atoms with van der Waals surface area (Å²) in [7, 11) is 3.27. The Morgan fingerprint density at radius 3 is 2.41 bits per heavy atom. The smallest absolute Gasteiger partial charge is 0.254 e. The van der Waals surface area contributed by atoms with Crippen LogP contribution < -0.4 is 14.8 Å². The number of carbonyl (C=O) groups is 2. The Labute approximate surface area is 170 Å². The van der Waals surface area contributed by atoms with E-state index in [1.165, 1.54) is 0 Å². The van der Waals surface area contributed by atoms with Crippen LogP contribution in [0.2, 0.25) is 0 Å². The topological polar surface area (TPSA) is 67.9 Å². The van der Waals surface area contributed by atoms with Crippen molar-refractivity contribution in [2.24, 2.45) is 5.92 Å². The normalized spacial score (nSPS) is 18.4. The number of hydrogen-bond donors (Lipinski definition) is 1. The fourth-order valence-corrected chi connectivity index (χ4v) is 3.88. The number of hydrogen-bond acceptors (Lipinski definition) is 4. The number of methoxy groups -OCH3 is 2. The van der Waals surface area contributed by atoms with E-state index in [1.807, 2.05) is 23.1 Å². The van der Waals surface area contributed by atoms with Crippen molar-refractivity contribution in [3.05, 3.63) is 53.6 Å². The van der Waals surface area contributed by atoms with Gasteiger partial charge in [0.15, 0.2) is 0 Å². The Morgan fingerprint density at radius 1 is 1.00 bits per heavy atom. The van der Waals surface area contributed by atoms with Crippen molar-refractivity contribution in [1.82, 2.24) is 4.90 Å². The first-order chi connectivity index (χ1) is 14.1. The minimum atomic E-state index is -0.0539. The molecule has 2 aliphatic rings. The van der Waals surface area contributed by atoms with Crippen molar-refractivity contribution in [2.75, 3.05) is 26.1 Å². The van der Waals surface area contributed by atoms with Gasteiger partial charge in [-0.05, 0) is 68.1 Å². The van der Waals surface area contributed by atoms with Gasteiger partial charge in [-0.1, -0.05) is 0 Å². The third-order valence-corrected chi connectivity index (χ3v) is 5.66. The first kappa shape index (κ1) is 19.3. The first-order valence-electron chi connectivity index (χ1n) is 10.0. The molecule has 4 rings (SSSR count). The van der Waals surface area contributed by atoms with E-state index < -0.39 is 0 Å². The second-order valence-corrected chi connectivity index (χ2v) is 7.61. The Kier molecular flexibility index (Phi) is 5.43. The second-order valence-electron chi connectivity index (χ2n) is 7.61. The predicted octanol–water partition coefficient (Wildman–Crippen LogP) is 4.03. The van der Waals surface area contributed by atoms with Crippen LogP contribution in [-0.2, 0) is 4.79 Å². The highest BCUT2D eigenvalue weighted by Crippen LogP contribution is 2.39. The van der Waals surface area contributed by atoms with Crippen LogP contribution in [0, 0.1) is 5.92 Å². The van der Waals surface area contributed by atoms with Crippen molar-refractivity contribution < 1.29 is 19.1 Å². The maximum atomic E-state index is 13.2. The molecule has 0 spiro atoms. The van der Waals surface area contributed by atoms with Crippen LogP contribution >= 0.6 is 0 Å². The summed E-state index contributed by atoms with van der Waals surface area (Å²) >= 11 is 0. The Balaban J connectivity index is 1.52. The van der Waals surface area contributed by atoms with Crippen molar-refractivity contribution in [2.45, 2.75) is 31.7 Å². The molecule has 1 N–H and O–H groups in total. The fraction of sp³-hybridized carbons (Fsp3) is 0.391. The number of likely N-dealkylation sites (tertiary alicyclic amines) is 1.